The standard InChI is InChI=1S/C16H18ClNO3S/c1-4-21-15-8-6-13(17)10-16(15)22(19,20)18-14-7-5-11(2)12(3)9-14/h5-10,18H,4H2,1-3H3. The summed E-state index contributed by atoms with van der Waals surface area (Å²) >= 11 is 5.92. The summed E-state index contributed by atoms with van der Waals surface area (Å²) in [6.07, 6.45) is 0. The minimum Gasteiger partial charge on any atom is -0.492 e. The lowest BCUT2D eigenvalue weighted by atomic mass is 10.1. The third-order valence-corrected chi connectivity index (χ3v) is 4.89. The largest absolute Gasteiger partial charge is 0.492 e. The number of rotatable bonds is 5. The molecule has 4 nitrogen and oxygen atoms in total. The van der Waals surface area contributed by atoms with Crippen molar-refractivity contribution in [3.05, 3.63) is 52.5 Å². The van der Waals surface area contributed by atoms with Gasteiger partial charge in [0.05, 0.1) is 6.61 Å². The highest BCUT2D eigenvalue weighted by atomic mass is 35.5. The first-order valence-corrected chi connectivity index (χ1v) is 8.72. The minimum atomic E-state index is -3.78. The maximum Gasteiger partial charge on any atom is 0.265 e. The van der Waals surface area contributed by atoms with E-state index in [-0.39, 0.29) is 10.6 Å². The summed E-state index contributed by atoms with van der Waals surface area (Å²) < 4.78 is 33.1. The zero-order valence-electron chi connectivity index (χ0n) is 12.7. The molecule has 0 unspecified atom stereocenters. The van der Waals surface area contributed by atoms with E-state index in [4.69, 9.17) is 16.3 Å². The fourth-order valence-electron chi connectivity index (χ4n) is 1.98. The lowest BCUT2D eigenvalue weighted by Crippen LogP contribution is -2.14. The van der Waals surface area contributed by atoms with Gasteiger partial charge in [-0.25, -0.2) is 8.42 Å². The topological polar surface area (TPSA) is 55.4 Å². The fraction of sp³-hybridized carbons (Fsp3) is 0.250. The van der Waals surface area contributed by atoms with Gasteiger partial charge in [-0.2, -0.15) is 0 Å². The molecule has 0 aliphatic heterocycles. The Morgan fingerprint density at radius 3 is 2.45 bits per heavy atom. The number of ether oxygens (including phenoxy) is 1. The van der Waals surface area contributed by atoms with Crippen molar-refractivity contribution in [1.29, 1.82) is 0 Å². The van der Waals surface area contributed by atoms with Crippen LogP contribution in [0.4, 0.5) is 5.69 Å². The molecule has 2 aromatic rings. The maximum absolute atomic E-state index is 12.6. The molecule has 6 heteroatoms. The van der Waals surface area contributed by atoms with Crippen molar-refractivity contribution in [1.82, 2.24) is 0 Å². The van der Waals surface area contributed by atoms with Crippen molar-refractivity contribution in [2.24, 2.45) is 0 Å². The third kappa shape index (κ3) is 3.72. The molecule has 2 rings (SSSR count). The minimum absolute atomic E-state index is 0.0279. The Bertz CT molecular complexity index is 788. The molecule has 0 heterocycles. The number of sulfonamides is 1. The summed E-state index contributed by atoms with van der Waals surface area (Å²) in [6, 6.07) is 9.93. The summed E-state index contributed by atoms with van der Waals surface area (Å²) in [6.45, 7) is 6.06. The summed E-state index contributed by atoms with van der Waals surface area (Å²) in [5.41, 5.74) is 2.61. The molecule has 0 fully saturated rings. The van der Waals surface area contributed by atoms with E-state index in [1.807, 2.05) is 19.9 Å². The van der Waals surface area contributed by atoms with Gasteiger partial charge < -0.3 is 4.74 Å². The van der Waals surface area contributed by atoms with Crippen LogP contribution in [0.3, 0.4) is 0 Å². The van der Waals surface area contributed by atoms with Gasteiger partial charge in [0.15, 0.2) is 0 Å². The molecule has 0 bridgehead atoms. The lowest BCUT2D eigenvalue weighted by molar-refractivity contribution is 0.331. The average molecular weight is 340 g/mol. The van der Waals surface area contributed by atoms with Crippen LogP contribution in [-0.2, 0) is 10.0 Å². The predicted molar refractivity (Wildman–Crippen MR) is 89.3 cm³/mol. The van der Waals surface area contributed by atoms with Gasteiger partial charge in [0.25, 0.3) is 10.0 Å². The molecule has 0 aromatic heterocycles. The Hall–Kier alpha value is -1.72. The van der Waals surface area contributed by atoms with Gasteiger partial charge in [-0.05, 0) is 62.2 Å². The number of aryl methyl sites for hydroxylation is 2. The Kier molecular flexibility index (Phi) is 4.98. The van der Waals surface area contributed by atoms with Crippen LogP contribution >= 0.6 is 11.6 Å². The second-order valence-corrected chi connectivity index (χ2v) is 7.02. The molecule has 0 aliphatic carbocycles. The predicted octanol–water partition coefficient (Wildman–Crippen LogP) is 4.16. The van der Waals surface area contributed by atoms with E-state index in [1.54, 1.807) is 31.2 Å². The SMILES string of the molecule is CCOc1ccc(Cl)cc1S(=O)(=O)Nc1ccc(C)c(C)c1. The summed E-state index contributed by atoms with van der Waals surface area (Å²) in [5.74, 6) is 0.281. The lowest BCUT2D eigenvalue weighted by Gasteiger charge is -2.13. The second-order valence-electron chi connectivity index (χ2n) is 4.93. The van der Waals surface area contributed by atoms with E-state index >= 15 is 0 Å². The number of nitrogens with one attached hydrogen (secondary N) is 1. The van der Waals surface area contributed by atoms with E-state index in [9.17, 15) is 8.42 Å². The number of benzene rings is 2. The summed E-state index contributed by atoms with van der Waals surface area (Å²) in [4.78, 5) is 0.0279. The van der Waals surface area contributed by atoms with Gasteiger partial charge in [-0.15, -0.1) is 0 Å². The molecule has 0 saturated heterocycles. The van der Waals surface area contributed by atoms with E-state index < -0.39 is 10.0 Å². The van der Waals surface area contributed by atoms with Gasteiger partial charge in [-0.3, -0.25) is 4.72 Å². The Balaban J connectivity index is 2.41. The van der Waals surface area contributed by atoms with E-state index in [1.165, 1.54) is 6.07 Å². The zero-order valence-corrected chi connectivity index (χ0v) is 14.3. The quantitative estimate of drug-likeness (QED) is 0.890. The molecule has 0 aliphatic rings. The smallest absolute Gasteiger partial charge is 0.265 e. The van der Waals surface area contributed by atoms with Crippen LogP contribution < -0.4 is 9.46 Å². The van der Waals surface area contributed by atoms with Crippen LogP contribution in [0.25, 0.3) is 0 Å². The van der Waals surface area contributed by atoms with Gasteiger partial charge in [0.2, 0.25) is 0 Å². The van der Waals surface area contributed by atoms with E-state index in [2.05, 4.69) is 4.72 Å². The zero-order chi connectivity index (χ0) is 16.3. The van der Waals surface area contributed by atoms with Crippen molar-refractivity contribution in [3.8, 4) is 5.75 Å². The Morgan fingerprint density at radius 2 is 1.82 bits per heavy atom. The van der Waals surface area contributed by atoms with Gasteiger partial charge in [0, 0.05) is 10.7 Å². The highest BCUT2D eigenvalue weighted by Gasteiger charge is 2.20. The summed E-state index contributed by atoms with van der Waals surface area (Å²) in [5, 5.41) is 0.337. The fourth-order valence-corrected chi connectivity index (χ4v) is 3.44. The first-order chi connectivity index (χ1) is 10.3. The maximum atomic E-state index is 12.6. The van der Waals surface area contributed by atoms with Crippen LogP contribution in [-0.4, -0.2) is 15.0 Å². The molecule has 0 radical (unpaired) electrons. The first kappa shape index (κ1) is 16.6. The molecular weight excluding hydrogens is 322 g/mol. The normalized spacial score (nSPS) is 11.3. The molecule has 22 heavy (non-hydrogen) atoms. The van der Waals surface area contributed by atoms with Crippen molar-refractivity contribution in [3.63, 3.8) is 0 Å². The molecule has 1 N–H and O–H groups in total. The monoisotopic (exact) mass is 339 g/mol. The van der Waals surface area contributed by atoms with Crippen LogP contribution in [0.15, 0.2) is 41.3 Å². The van der Waals surface area contributed by atoms with Crippen molar-refractivity contribution in [2.75, 3.05) is 11.3 Å². The number of anilines is 1. The first-order valence-electron chi connectivity index (χ1n) is 6.86. The third-order valence-electron chi connectivity index (χ3n) is 3.25. The van der Waals surface area contributed by atoms with Gasteiger partial charge >= 0.3 is 0 Å². The average Bonchev–Trinajstić information content (AvgIpc) is 2.45. The van der Waals surface area contributed by atoms with Crippen molar-refractivity contribution < 1.29 is 13.2 Å². The highest BCUT2D eigenvalue weighted by molar-refractivity contribution is 7.92. The van der Waals surface area contributed by atoms with Crippen LogP contribution in [0.2, 0.25) is 5.02 Å². The number of hydrogen-bond acceptors (Lipinski definition) is 3. The van der Waals surface area contributed by atoms with E-state index in [0.29, 0.717) is 17.3 Å². The Morgan fingerprint density at radius 1 is 1.09 bits per heavy atom. The van der Waals surface area contributed by atoms with Crippen molar-refractivity contribution >= 4 is 27.3 Å². The van der Waals surface area contributed by atoms with E-state index in [0.717, 1.165) is 11.1 Å². The molecule has 2 aromatic carbocycles. The second kappa shape index (κ2) is 6.58. The van der Waals surface area contributed by atoms with Crippen LogP contribution in [0, 0.1) is 13.8 Å². The van der Waals surface area contributed by atoms with Crippen molar-refractivity contribution in [2.45, 2.75) is 25.7 Å². The highest BCUT2D eigenvalue weighted by Crippen LogP contribution is 2.29. The molecule has 0 amide bonds. The van der Waals surface area contributed by atoms with Crippen LogP contribution in [0.1, 0.15) is 18.1 Å². The van der Waals surface area contributed by atoms with Crippen LogP contribution in [0.5, 0.6) is 5.75 Å². The summed E-state index contributed by atoms with van der Waals surface area (Å²) in [7, 11) is -3.78. The van der Waals surface area contributed by atoms with Gasteiger partial charge in [-0.1, -0.05) is 17.7 Å². The number of hydrogen-bond donors (Lipinski definition) is 1. The molecule has 0 spiro atoms. The number of halogens is 1. The molecular formula is C16H18ClNO3S. The molecule has 0 saturated carbocycles. The molecule has 0 atom stereocenters. The van der Waals surface area contributed by atoms with Gasteiger partial charge in [0.1, 0.15) is 10.6 Å². The molecule has 118 valence electrons. The Labute approximate surface area is 136 Å².